The van der Waals surface area contributed by atoms with Crippen LogP contribution in [-0.2, 0) is 0 Å². The smallest absolute Gasteiger partial charge is 0.269 e. The van der Waals surface area contributed by atoms with Crippen LogP contribution in [0.25, 0.3) is 22.4 Å². The van der Waals surface area contributed by atoms with Crippen molar-refractivity contribution in [2.75, 3.05) is 5.43 Å². The highest BCUT2D eigenvalue weighted by Gasteiger charge is 2.09. The maximum atomic E-state index is 10.8. The van der Waals surface area contributed by atoms with E-state index in [1.807, 2.05) is 36.5 Å². The monoisotopic (exact) mass is 388 g/mol. The summed E-state index contributed by atoms with van der Waals surface area (Å²) in [5.41, 5.74) is 8.07. The van der Waals surface area contributed by atoms with Gasteiger partial charge in [-0.2, -0.15) is 0 Å². The predicted octanol–water partition coefficient (Wildman–Crippen LogP) is 5.66. The number of non-ortho nitro benzene ring substituents is 1. The molecule has 0 atom stereocenters. The Morgan fingerprint density at radius 1 is 0.857 bits per heavy atom. The van der Waals surface area contributed by atoms with E-state index >= 15 is 0 Å². The molecule has 1 heterocycles. The van der Waals surface area contributed by atoms with Crippen molar-refractivity contribution in [2.45, 2.75) is 0 Å². The molecule has 0 fully saturated rings. The highest BCUT2D eigenvalue weighted by molar-refractivity contribution is 7.71. The zero-order valence-corrected chi connectivity index (χ0v) is 15.5. The molecule has 0 saturated heterocycles. The molecule has 0 aliphatic rings. The van der Waals surface area contributed by atoms with Gasteiger partial charge in [0, 0.05) is 23.9 Å². The first-order valence-electron chi connectivity index (χ1n) is 8.59. The van der Waals surface area contributed by atoms with Crippen LogP contribution in [0.3, 0.4) is 0 Å². The van der Waals surface area contributed by atoms with Crippen LogP contribution in [0.1, 0.15) is 0 Å². The van der Waals surface area contributed by atoms with Crippen LogP contribution in [0.15, 0.2) is 85.1 Å². The first-order valence-corrected chi connectivity index (χ1v) is 9.00. The lowest BCUT2D eigenvalue weighted by atomic mass is 10.0. The molecule has 138 valence electrons. The number of aromatic amines is 1. The Hall–Kier alpha value is -3.71. The van der Waals surface area contributed by atoms with Crippen LogP contribution in [0, 0.1) is 14.9 Å². The minimum atomic E-state index is -0.425. The second-order valence-corrected chi connectivity index (χ2v) is 6.56. The number of nitrogens with one attached hydrogen (secondary N) is 2. The predicted molar refractivity (Wildman–Crippen MR) is 113 cm³/mol. The first kappa shape index (κ1) is 17.7. The van der Waals surface area contributed by atoms with E-state index in [1.54, 1.807) is 16.8 Å². The SMILES string of the molecule is O=[N+]([O-])c1ccc(Nn2c(-c3ccc(-c4ccccc4)cc3)c[nH]c2=S)cc1. The third kappa shape index (κ3) is 3.56. The highest BCUT2D eigenvalue weighted by Crippen LogP contribution is 2.25. The van der Waals surface area contributed by atoms with Gasteiger partial charge in [0.25, 0.3) is 5.69 Å². The zero-order chi connectivity index (χ0) is 19.5. The summed E-state index contributed by atoms with van der Waals surface area (Å²) in [6.07, 6.45) is 1.83. The van der Waals surface area contributed by atoms with Crippen molar-refractivity contribution in [2.24, 2.45) is 0 Å². The lowest BCUT2D eigenvalue weighted by molar-refractivity contribution is -0.384. The van der Waals surface area contributed by atoms with Gasteiger partial charge in [0.1, 0.15) is 0 Å². The average Bonchev–Trinajstić information content (AvgIpc) is 3.09. The lowest BCUT2D eigenvalue weighted by Gasteiger charge is -2.12. The molecule has 3 aromatic carbocycles. The summed E-state index contributed by atoms with van der Waals surface area (Å²) in [5.74, 6) is 0. The summed E-state index contributed by atoms with van der Waals surface area (Å²) in [7, 11) is 0. The van der Waals surface area contributed by atoms with Crippen molar-refractivity contribution in [1.29, 1.82) is 0 Å². The molecule has 4 rings (SSSR count). The van der Waals surface area contributed by atoms with Gasteiger partial charge in [-0.05, 0) is 35.5 Å². The molecule has 7 heteroatoms. The van der Waals surface area contributed by atoms with E-state index in [4.69, 9.17) is 12.2 Å². The summed E-state index contributed by atoms with van der Waals surface area (Å²) < 4.78 is 2.24. The molecule has 4 aromatic rings. The minimum absolute atomic E-state index is 0.0416. The van der Waals surface area contributed by atoms with E-state index in [9.17, 15) is 10.1 Å². The molecule has 0 amide bonds. The van der Waals surface area contributed by atoms with Crippen molar-refractivity contribution in [3.05, 3.63) is 99.9 Å². The highest BCUT2D eigenvalue weighted by atomic mass is 32.1. The number of benzene rings is 3. The number of nitro benzene ring substituents is 1. The quantitative estimate of drug-likeness (QED) is 0.263. The molecular formula is C21H16N4O2S. The minimum Gasteiger partial charge on any atom is -0.335 e. The number of imidazole rings is 1. The number of H-pyrrole nitrogens is 1. The molecule has 0 bridgehead atoms. The second-order valence-electron chi connectivity index (χ2n) is 6.17. The van der Waals surface area contributed by atoms with Crippen LogP contribution in [-0.4, -0.2) is 14.6 Å². The number of hydrogen-bond acceptors (Lipinski definition) is 4. The van der Waals surface area contributed by atoms with Gasteiger partial charge in [-0.25, -0.2) is 4.68 Å². The maximum Gasteiger partial charge on any atom is 0.269 e. The standard InChI is InChI=1S/C21H16N4O2S/c26-25(27)19-12-10-18(11-13-19)23-24-20(14-22-21(24)28)17-8-6-16(7-9-17)15-4-2-1-3-5-15/h1-14,23H,(H,22,28). The molecule has 0 spiro atoms. The Kier molecular flexibility index (Phi) is 4.74. The Labute approximate surface area is 166 Å². The van der Waals surface area contributed by atoms with E-state index in [-0.39, 0.29) is 5.69 Å². The van der Waals surface area contributed by atoms with Crippen molar-refractivity contribution >= 4 is 23.6 Å². The van der Waals surface area contributed by atoms with Crippen molar-refractivity contribution in [1.82, 2.24) is 9.66 Å². The summed E-state index contributed by atoms with van der Waals surface area (Å²) in [6, 6.07) is 24.6. The Balaban J connectivity index is 1.63. The molecular weight excluding hydrogens is 372 g/mol. The number of hydrogen-bond donors (Lipinski definition) is 2. The van der Waals surface area contributed by atoms with E-state index in [1.165, 1.54) is 12.1 Å². The summed E-state index contributed by atoms with van der Waals surface area (Å²) in [5, 5.41) is 10.8. The molecule has 0 unspecified atom stereocenters. The van der Waals surface area contributed by atoms with Crippen LogP contribution in [0.5, 0.6) is 0 Å². The number of anilines is 1. The molecule has 28 heavy (non-hydrogen) atoms. The first-order chi connectivity index (χ1) is 13.6. The summed E-state index contributed by atoms with van der Waals surface area (Å²) >= 11 is 5.38. The molecule has 0 aliphatic carbocycles. The van der Waals surface area contributed by atoms with Crippen molar-refractivity contribution in [3.8, 4) is 22.4 Å². The van der Waals surface area contributed by atoms with E-state index in [2.05, 4.69) is 34.7 Å². The Bertz CT molecular complexity index is 1160. The zero-order valence-electron chi connectivity index (χ0n) is 14.7. The van der Waals surface area contributed by atoms with Crippen LogP contribution in [0.2, 0.25) is 0 Å². The van der Waals surface area contributed by atoms with Gasteiger partial charge in [-0.1, -0.05) is 54.6 Å². The lowest BCUT2D eigenvalue weighted by Crippen LogP contribution is -2.10. The third-order valence-electron chi connectivity index (χ3n) is 4.38. The fourth-order valence-electron chi connectivity index (χ4n) is 2.94. The number of rotatable bonds is 5. The molecule has 1 aromatic heterocycles. The summed E-state index contributed by atoms with van der Waals surface area (Å²) in [6.45, 7) is 0. The molecule has 0 radical (unpaired) electrons. The Morgan fingerprint density at radius 2 is 1.46 bits per heavy atom. The topological polar surface area (TPSA) is 75.9 Å². The number of nitro groups is 1. The fraction of sp³-hybridized carbons (Fsp3) is 0. The van der Waals surface area contributed by atoms with E-state index in [0.29, 0.717) is 10.5 Å². The normalized spacial score (nSPS) is 10.6. The largest absolute Gasteiger partial charge is 0.335 e. The molecule has 6 nitrogen and oxygen atoms in total. The van der Waals surface area contributed by atoms with Crippen LogP contribution < -0.4 is 5.43 Å². The van der Waals surface area contributed by atoms with Crippen LogP contribution in [0.4, 0.5) is 11.4 Å². The summed E-state index contributed by atoms with van der Waals surface area (Å²) in [4.78, 5) is 13.4. The third-order valence-corrected chi connectivity index (χ3v) is 4.68. The van der Waals surface area contributed by atoms with Crippen LogP contribution >= 0.6 is 12.2 Å². The van der Waals surface area contributed by atoms with Crippen molar-refractivity contribution < 1.29 is 4.92 Å². The fourth-order valence-corrected chi connectivity index (χ4v) is 3.15. The van der Waals surface area contributed by atoms with Gasteiger partial charge in [0.05, 0.1) is 16.3 Å². The molecule has 0 saturated carbocycles. The van der Waals surface area contributed by atoms with Gasteiger partial charge in [0.15, 0.2) is 4.77 Å². The second kappa shape index (κ2) is 7.50. The van der Waals surface area contributed by atoms with Gasteiger partial charge in [0.2, 0.25) is 0 Å². The number of nitrogens with zero attached hydrogens (tertiary/aromatic N) is 2. The average molecular weight is 388 g/mol. The van der Waals surface area contributed by atoms with E-state index < -0.39 is 4.92 Å². The van der Waals surface area contributed by atoms with Gasteiger partial charge >= 0.3 is 0 Å². The van der Waals surface area contributed by atoms with Crippen molar-refractivity contribution in [3.63, 3.8) is 0 Å². The van der Waals surface area contributed by atoms with Gasteiger partial charge in [-0.15, -0.1) is 0 Å². The van der Waals surface area contributed by atoms with E-state index in [0.717, 1.165) is 22.4 Å². The number of aromatic nitrogens is 2. The maximum absolute atomic E-state index is 10.8. The van der Waals surface area contributed by atoms with Gasteiger partial charge < -0.3 is 4.98 Å². The molecule has 0 aliphatic heterocycles. The molecule has 2 N–H and O–H groups in total. The Morgan fingerprint density at radius 3 is 2.11 bits per heavy atom. The van der Waals surface area contributed by atoms with Gasteiger partial charge in [-0.3, -0.25) is 15.5 Å².